The van der Waals surface area contributed by atoms with E-state index in [1.165, 1.54) is 18.6 Å². The third kappa shape index (κ3) is 2.26. The summed E-state index contributed by atoms with van der Waals surface area (Å²) >= 11 is 0. The monoisotopic (exact) mass is 292 g/mol. The van der Waals surface area contributed by atoms with Crippen LogP contribution in [-0.4, -0.2) is 46.4 Å². The van der Waals surface area contributed by atoms with Crippen molar-refractivity contribution in [3.05, 3.63) is 12.2 Å². The number of aliphatic hydroxyl groups is 1. The number of carbonyl (C=O) groups is 2. The lowest BCUT2D eigenvalue weighted by atomic mass is 9.65. The molecule has 6 heteroatoms. The first-order chi connectivity index (χ1) is 10.0. The molecule has 5 atom stereocenters. The lowest BCUT2D eigenvalue weighted by molar-refractivity contribution is -0.233. The van der Waals surface area contributed by atoms with Crippen LogP contribution in [0, 0.1) is 11.8 Å². The molecule has 5 rings (SSSR count). The number of nitrogens with one attached hydrogen (secondary N) is 1. The second kappa shape index (κ2) is 4.55. The van der Waals surface area contributed by atoms with Crippen LogP contribution in [-0.2, 0) is 14.3 Å². The zero-order chi connectivity index (χ0) is 14.6. The highest BCUT2D eigenvalue weighted by Crippen LogP contribution is 2.51. The maximum absolute atomic E-state index is 12.3. The predicted molar refractivity (Wildman–Crippen MR) is 72.7 cm³/mol. The van der Waals surface area contributed by atoms with E-state index in [9.17, 15) is 14.7 Å². The average molecular weight is 292 g/mol. The van der Waals surface area contributed by atoms with Crippen molar-refractivity contribution in [2.24, 2.45) is 11.8 Å². The summed E-state index contributed by atoms with van der Waals surface area (Å²) in [5.41, 5.74) is -0.535. The van der Waals surface area contributed by atoms with Gasteiger partial charge in [-0.15, -0.1) is 0 Å². The maximum atomic E-state index is 12.3. The molecule has 5 aliphatic rings. The minimum Gasteiger partial charge on any atom is -0.370 e. The Kier molecular flexibility index (Phi) is 2.87. The van der Waals surface area contributed by atoms with Gasteiger partial charge in [-0.2, -0.15) is 0 Å². The molecule has 114 valence electrons. The number of ether oxygens (including phenoxy) is 1. The van der Waals surface area contributed by atoms with Crippen molar-refractivity contribution in [2.45, 2.75) is 50.2 Å². The van der Waals surface area contributed by atoms with Crippen molar-refractivity contribution in [3.8, 4) is 0 Å². The molecule has 2 saturated heterocycles. The van der Waals surface area contributed by atoms with Crippen molar-refractivity contribution < 1.29 is 19.4 Å². The van der Waals surface area contributed by atoms with E-state index < -0.39 is 12.0 Å². The van der Waals surface area contributed by atoms with Crippen LogP contribution in [0.1, 0.15) is 32.1 Å². The van der Waals surface area contributed by atoms with Gasteiger partial charge in [-0.05, 0) is 50.0 Å². The van der Waals surface area contributed by atoms with Gasteiger partial charge in [0.15, 0.2) is 0 Å². The maximum Gasteiger partial charge on any atom is 0.249 e. The smallest absolute Gasteiger partial charge is 0.249 e. The molecular formula is C15H20N2O4. The molecule has 0 spiro atoms. The van der Waals surface area contributed by atoms with Crippen LogP contribution in [0.4, 0.5) is 0 Å². The summed E-state index contributed by atoms with van der Waals surface area (Å²) in [6.07, 6.45) is 7.18. The van der Waals surface area contributed by atoms with Crippen molar-refractivity contribution in [1.82, 2.24) is 10.2 Å². The molecule has 21 heavy (non-hydrogen) atoms. The molecule has 0 radical (unpaired) electrons. The number of amides is 2. The largest absolute Gasteiger partial charge is 0.370 e. The second-order valence-corrected chi connectivity index (χ2v) is 6.87. The minimum absolute atomic E-state index is 0.127. The van der Waals surface area contributed by atoms with E-state index in [1.54, 1.807) is 0 Å². The summed E-state index contributed by atoms with van der Waals surface area (Å²) in [6.45, 7) is -0.127. The molecule has 3 aliphatic heterocycles. The minimum atomic E-state index is -1.000. The van der Waals surface area contributed by atoms with Gasteiger partial charge in [0.2, 0.25) is 11.8 Å². The highest BCUT2D eigenvalue weighted by atomic mass is 16.5. The Balaban J connectivity index is 1.42. The third-order valence-electron chi connectivity index (χ3n) is 5.18. The fourth-order valence-corrected chi connectivity index (χ4v) is 4.61. The first-order valence-electron chi connectivity index (χ1n) is 7.69. The molecule has 2 aliphatic carbocycles. The van der Waals surface area contributed by atoms with Gasteiger partial charge < -0.3 is 20.1 Å². The summed E-state index contributed by atoms with van der Waals surface area (Å²) in [4.78, 5) is 25.0. The Labute approximate surface area is 123 Å². The molecule has 0 aromatic heterocycles. The summed E-state index contributed by atoms with van der Waals surface area (Å²) in [7, 11) is 0. The van der Waals surface area contributed by atoms with E-state index in [0.717, 1.165) is 30.6 Å². The average Bonchev–Trinajstić information content (AvgIpc) is 2.68. The summed E-state index contributed by atoms with van der Waals surface area (Å²) in [5, 5.41) is 12.6. The van der Waals surface area contributed by atoms with Crippen LogP contribution in [0.3, 0.4) is 0 Å². The van der Waals surface area contributed by atoms with Crippen LogP contribution < -0.4 is 5.32 Å². The van der Waals surface area contributed by atoms with Gasteiger partial charge >= 0.3 is 0 Å². The van der Waals surface area contributed by atoms with Crippen molar-refractivity contribution in [3.63, 3.8) is 0 Å². The molecule has 6 nitrogen and oxygen atoms in total. The Morgan fingerprint density at radius 3 is 2.67 bits per heavy atom. The summed E-state index contributed by atoms with van der Waals surface area (Å²) < 4.78 is 6.09. The van der Waals surface area contributed by atoms with Gasteiger partial charge in [0.25, 0.3) is 0 Å². The van der Waals surface area contributed by atoms with Crippen LogP contribution in [0.15, 0.2) is 12.2 Å². The molecule has 2 saturated carbocycles. The molecular weight excluding hydrogens is 272 g/mol. The Hall–Kier alpha value is -1.40. The zero-order valence-corrected chi connectivity index (χ0v) is 11.8. The van der Waals surface area contributed by atoms with Gasteiger partial charge in [0, 0.05) is 6.08 Å². The van der Waals surface area contributed by atoms with Gasteiger partial charge in [0.1, 0.15) is 18.5 Å². The van der Waals surface area contributed by atoms with E-state index in [0.29, 0.717) is 11.8 Å². The second-order valence-electron chi connectivity index (χ2n) is 6.87. The number of hydrogen-bond acceptors (Lipinski definition) is 4. The molecule has 2 amide bonds. The third-order valence-corrected chi connectivity index (χ3v) is 5.18. The van der Waals surface area contributed by atoms with E-state index in [1.807, 2.05) is 0 Å². The standard InChI is InChI=1S/C15H20N2O4/c18-12(8-17-13(19)1-2-14(17)20)16-15-6-9-3-10(7-15)5-11(4-9)21-15/h1-2,9-11,13,19H,3-8H2,(H,16,18)/t9-,10+,11?,13?,15?. The van der Waals surface area contributed by atoms with Gasteiger partial charge in [-0.1, -0.05) is 0 Å². The fourth-order valence-electron chi connectivity index (χ4n) is 4.61. The molecule has 3 heterocycles. The summed E-state index contributed by atoms with van der Waals surface area (Å²) in [5.74, 6) is 0.714. The van der Waals surface area contributed by atoms with Crippen molar-refractivity contribution >= 4 is 11.8 Å². The van der Waals surface area contributed by atoms with Gasteiger partial charge in [0.05, 0.1) is 6.10 Å². The lowest BCUT2D eigenvalue weighted by Gasteiger charge is -2.56. The van der Waals surface area contributed by atoms with E-state index >= 15 is 0 Å². The van der Waals surface area contributed by atoms with Crippen LogP contribution in [0.5, 0.6) is 0 Å². The SMILES string of the molecule is O=C(CN1C(=O)C=CC1O)NC12C[C@@H]3CC(C[C@@H](C3)C1)O2. The van der Waals surface area contributed by atoms with Crippen LogP contribution in [0.25, 0.3) is 0 Å². The number of nitrogens with zero attached hydrogens (tertiary/aromatic N) is 1. The highest BCUT2D eigenvalue weighted by molar-refractivity contribution is 5.93. The van der Waals surface area contributed by atoms with Crippen LogP contribution >= 0.6 is 0 Å². The number of rotatable bonds is 3. The molecule has 3 unspecified atom stereocenters. The van der Waals surface area contributed by atoms with Crippen LogP contribution in [0.2, 0.25) is 0 Å². The number of aliphatic hydroxyl groups excluding tert-OH is 1. The van der Waals surface area contributed by atoms with Crippen molar-refractivity contribution in [2.75, 3.05) is 6.54 Å². The molecule has 4 bridgehead atoms. The molecule has 2 N–H and O–H groups in total. The quantitative estimate of drug-likeness (QED) is 0.774. The van der Waals surface area contributed by atoms with Gasteiger partial charge in [-0.3, -0.25) is 9.59 Å². The molecule has 0 aromatic carbocycles. The highest BCUT2D eigenvalue weighted by Gasteiger charge is 2.52. The normalized spacial score (nSPS) is 43.7. The molecule has 4 fully saturated rings. The molecule has 0 aromatic rings. The number of carbonyl (C=O) groups excluding carboxylic acids is 2. The number of hydrogen-bond donors (Lipinski definition) is 2. The lowest BCUT2D eigenvalue weighted by Crippen LogP contribution is -2.64. The predicted octanol–water partition coefficient (Wildman–Crippen LogP) is 0.125. The van der Waals surface area contributed by atoms with Gasteiger partial charge in [-0.25, -0.2) is 0 Å². The summed E-state index contributed by atoms with van der Waals surface area (Å²) in [6, 6.07) is 0. The fraction of sp³-hybridized carbons (Fsp3) is 0.733. The topological polar surface area (TPSA) is 78.9 Å². The van der Waals surface area contributed by atoms with E-state index in [4.69, 9.17) is 4.74 Å². The van der Waals surface area contributed by atoms with E-state index in [2.05, 4.69) is 5.32 Å². The van der Waals surface area contributed by atoms with Crippen molar-refractivity contribution in [1.29, 1.82) is 0 Å². The first-order valence-corrected chi connectivity index (χ1v) is 7.69. The Morgan fingerprint density at radius 2 is 2.10 bits per heavy atom. The first kappa shape index (κ1) is 13.3. The Morgan fingerprint density at radius 1 is 1.38 bits per heavy atom. The Bertz CT molecular complexity index is 481. The van der Waals surface area contributed by atoms with E-state index in [-0.39, 0.29) is 24.5 Å². The zero-order valence-electron chi connectivity index (χ0n) is 11.8.